The van der Waals surface area contributed by atoms with E-state index in [0.29, 0.717) is 0 Å². The van der Waals surface area contributed by atoms with Crippen LogP contribution < -0.4 is 0 Å². The summed E-state index contributed by atoms with van der Waals surface area (Å²) in [5, 5.41) is 0.756. The Morgan fingerprint density at radius 2 is 1.71 bits per heavy atom. The van der Waals surface area contributed by atoms with Gasteiger partial charge in [0, 0.05) is 12.9 Å². The standard InChI is InChI=1S/C8H9NO4S/c10-7-5-3-1-2-4(12-3)6(5)8(11)9(7)13-14/h3-6,14H,1-2H2. The quantitative estimate of drug-likeness (QED) is 0.378. The number of hydrogen-bond acceptors (Lipinski definition) is 5. The van der Waals surface area contributed by atoms with Crippen LogP contribution >= 0.6 is 12.9 Å². The van der Waals surface area contributed by atoms with Crippen molar-refractivity contribution < 1.29 is 18.6 Å². The van der Waals surface area contributed by atoms with E-state index in [4.69, 9.17) is 4.74 Å². The zero-order chi connectivity index (χ0) is 9.87. The molecule has 0 aliphatic carbocycles. The molecule has 3 saturated heterocycles. The van der Waals surface area contributed by atoms with Gasteiger partial charge in [-0.1, -0.05) is 0 Å². The Kier molecular flexibility index (Phi) is 1.68. The second kappa shape index (κ2) is 2.71. The van der Waals surface area contributed by atoms with E-state index < -0.39 is 0 Å². The second-order valence-corrected chi connectivity index (χ2v) is 4.06. The number of carbonyl (C=O) groups is 2. The molecule has 3 fully saturated rings. The number of amides is 2. The lowest BCUT2D eigenvalue weighted by molar-refractivity contribution is -0.166. The number of carbonyl (C=O) groups excluding carboxylic acids is 2. The molecule has 14 heavy (non-hydrogen) atoms. The van der Waals surface area contributed by atoms with Crippen molar-refractivity contribution in [2.75, 3.05) is 0 Å². The van der Waals surface area contributed by atoms with Crippen molar-refractivity contribution in [2.45, 2.75) is 25.0 Å². The Labute approximate surface area is 85.9 Å². The zero-order valence-electron chi connectivity index (χ0n) is 7.25. The molecule has 3 aliphatic rings. The Morgan fingerprint density at radius 1 is 1.21 bits per heavy atom. The average Bonchev–Trinajstić information content (AvgIpc) is 2.80. The number of imide groups is 1. The predicted molar refractivity (Wildman–Crippen MR) is 46.8 cm³/mol. The summed E-state index contributed by atoms with van der Waals surface area (Å²) in [6.45, 7) is 0. The smallest absolute Gasteiger partial charge is 0.261 e. The molecular weight excluding hydrogens is 206 g/mol. The number of ether oxygens (including phenoxy) is 1. The highest BCUT2D eigenvalue weighted by Crippen LogP contribution is 2.48. The van der Waals surface area contributed by atoms with E-state index in [1.807, 2.05) is 0 Å². The summed E-state index contributed by atoms with van der Waals surface area (Å²) in [6, 6.07) is 0. The highest BCUT2D eigenvalue weighted by molar-refractivity contribution is 7.75. The van der Waals surface area contributed by atoms with Gasteiger partial charge in [0.05, 0.1) is 24.0 Å². The maximum Gasteiger partial charge on any atom is 0.261 e. The van der Waals surface area contributed by atoms with Crippen LogP contribution in [0.15, 0.2) is 0 Å². The summed E-state index contributed by atoms with van der Waals surface area (Å²) in [5.41, 5.74) is 0. The highest BCUT2D eigenvalue weighted by Gasteiger charge is 2.63. The molecule has 2 bridgehead atoms. The fraction of sp³-hybridized carbons (Fsp3) is 0.750. The van der Waals surface area contributed by atoms with Crippen LogP contribution in [0.3, 0.4) is 0 Å². The first-order valence-corrected chi connectivity index (χ1v) is 4.95. The van der Waals surface area contributed by atoms with Crippen LogP contribution in [0.1, 0.15) is 12.8 Å². The van der Waals surface area contributed by atoms with Crippen molar-refractivity contribution in [3.63, 3.8) is 0 Å². The molecule has 76 valence electrons. The third kappa shape index (κ3) is 0.838. The van der Waals surface area contributed by atoms with Crippen LogP contribution in [0.2, 0.25) is 0 Å². The van der Waals surface area contributed by atoms with Gasteiger partial charge in [0.1, 0.15) is 0 Å². The SMILES string of the molecule is O=C1C2C3CCC(O3)C2C(=O)N1OS. The molecule has 0 radical (unpaired) electrons. The van der Waals surface area contributed by atoms with Gasteiger partial charge in [-0.05, 0) is 12.8 Å². The average molecular weight is 215 g/mol. The van der Waals surface area contributed by atoms with Crippen LogP contribution in [-0.4, -0.2) is 29.1 Å². The first-order valence-electron chi connectivity index (χ1n) is 4.59. The summed E-state index contributed by atoms with van der Waals surface area (Å²) in [6.07, 6.45) is 1.56. The summed E-state index contributed by atoms with van der Waals surface area (Å²) < 4.78 is 9.99. The number of thiol groups is 1. The molecular formula is C8H9NO4S. The largest absolute Gasteiger partial charge is 0.373 e. The summed E-state index contributed by atoms with van der Waals surface area (Å²) in [5.74, 6) is -1.26. The first-order chi connectivity index (χ1) is 6.74. The third-order valence-electron chi connectivity index (χ3n) is 3.33. The number of fused-ring (bicyclic) bond motifs is 5. The molecule has 0 N–H and O–H groups in total. The van der Waals surface area contributed by atoms with Crippen molar-refractivity contribution in [1.29, 1.82) is 0 Å². The van der Waals surface area contributed by atoms with Gasteiger partial charge >= 0.3 is 0 Å². The molecule has 4 atom stereocenters. The Balaban J connectivity index is 1.98. The lowest BCUT2D eigenvalue weighted by Crippen LogP contribution is -2.31. The van der Waals surface area contributed by atoms with E-state index in [2.05, 4.69) is 17.2 Å². The Morgan fingerprint density at radius 3 is 2.14 bits per heavy atom. The summed E-state index contributed by atoms with van der Waals surface area (Å²) in [4.78, 5) is 23.3. The van der Waals surface area contributed by atoms with E-state index >= 15 is 0 Å². The number of hydroxylamine groups is 2. The van der Waals surface area contributed by atoms with E-state index in [1.165, 1.54) is 0 Å². The maximum absolute atomic E-state index is 11.7. The number of rotatable bonds is 1. The zero-order valence-corrected chi connectivity index (χ0v) is 8.15. The molecule has 3 heterocycles. The van der Waals surface area contributed by atoms with E-state index in [0.717, 1.165) is 17.9 Å². The van der Waals surface area contributed by atoms with Crippen molar-refractivity contribution in [3.8, 4) is 0 Å². The first kappa shape index (κ1) is 8.70. The van der Waals surface area contributed by atoms with Crippen molar-refractivity contribution in [1.82, 2.24) is 5.06 Å². The maximum atomic E-state index is 11.7. The number of hydrogen-bond donors (Lipinski definition) is 1. The molecule has 0 aromatic heterocycles. The molecule has 5 nitrogen and oxygen atoms in total. The second-order valence-electron chi connectivity index (χ2n) is 3.89. The summed E-state index contributed by atoms with van der Waals surface area (Å²) >= 11 is 3.50. The minimum Gasteiger partial charge on any atom is -0.373 e. The molecule has 4 unspecified atom stereocenters. The lowest BCUT2D eigenvalue weighted by Gasteiger charge is -2.14. The van der Waals surface area contributed by atoms with Crippen LogP contribution in [-0.2, 0) is 18.6 Å². The van der Waals surface area contributed by atoms with Crippen LogP contribution in [0.5, 0.6) is 0 Å². The minimum atomic E-state index is -0.326. The van der Waals surface area contributed by atoms with Crippen LogP contribution in [0.4, 0.5) is 0 Å². The van der Waals surface area contributed by atoms with Crippen LogP contribution in [0.25, 0.3) is 0 Å². The monoisotopic (exact) mass is 215 g/mol. The fourth-order valence-corrected chi connectivity index (χ4v) is 2.93. The van der Waals surface area contributed by atoms with Crippen molar-refractivity contribution >= 4 is 24.7 Å². The van der Waals surface area contributed by atoms with Gasteiger partial charge in [-0.3, -0.25) is 9.59 Å². The molecule has 0 aromatic carbocycles. The van der Waals surface area contributed by atoms with Gasteiger partial charge in [-0.15, -0.1) is 5.06 Å². The molecule has 2 amide bonds. The van der Waals surface area contributed by atoms with E-state index in [-0.39, 0.29) is 35.9 Å². The Bertz CT molecular complexity index is 292. The normalized spacial score (nSPS) is 45.1. The highest BCUT2D eigenvalue weighted by atomic mass is 32.1. The van der Waals surface area contributed by atoms with Gasteiger partial charge in [-0.2, -0.15) is 4.28 Å². The van der Waals surface area contributed by atoms with Gasteiger partial charge in [-0.25, -0.2) is 0 Å². The molecule has 3 aliphatic heterocycles. The van der Waals surface area contributed by atoms with Gasteiger partial charge in [0.2, 0.25) is 0 Å². The van der Waals surface area contributed by atoms with Gasteiger partial charge < -0.3 is 4.74 Å². The molecule has 0 aromatic rings. The topological polar surface area (TPSA) is 55.8 Å². The molecule has 6 heteroatoms. The molecule has 0 spiro atoms. The lowest BCUT2D eigenvalue weighted by atomic mass is 9.81. The molecule has 0 saturated carbocycles. The van der Waals surface area contributed by atoms with Crippen LogP contribution in [0, 0.1) is 11.8 Å². The number of nitrogens with zero attached hydrogens (tertiary/aromatic N) is 1. The molecule has 3 rings (SSSR count). The fourth-order valence-electron chi connectivity index (χ4n) is 2.77. The van der Waals surface area contributed by atoms with E-state index in [9.17, 15) is 9.59 Å². The summed E-state index contributed by atoms with van der Waals surface area (Å²) in [7, 11) is 0. The predicted octanol–water partition coefficient (Wildman–Crippen LogP) is -0.0748. The van der Waals surface area contributed by atoms with Gasteiger partial charge in [0.25, 0.3) is 11.8 Å². The Hall–Kier alpha value is -0.590. The van der Waals surface area contributed by atoms with E-state index in [1.54, 1.807) is 0 Å². The van der Waals surface area contributed by atoms with Gasteiger partial charge in [0.15, 0.2) is 0 Å². The van der Waals surface area contributed by atoms with Crippen molar-refractivity contribution in [2.24, 2.45) is 11.8 Å². The minimum absolute atomic E-state index is 0.0880. The third-order valence-corrected chi connectivity index (χ3v) is 3.49. The van der Waals surface area contributed by atoms with Crippen molar-refractivity contribution in [3.05, 3.63) is 0 Å².